The summed E-state index contributed by atoms with van der Waals surface area (Å²) >= 11 is 5.77. The van der Waals surface area contributed by atoms with Gasteiger partial charge in [-0.1, -0.05) is 72.0 Å². The van der Waals surface area contributed by atoms with Crippen molar-refractivity contribution in [2.24, 2.45) is 0 Å². The first-order valence-electron chi connectivity index (χ1n) is 9.62. The van der Waals surface area contributed by atoms with E-state index >= 15 is 0 Å². The quantitative estimate of drug-likeness (QED) is 0.369. The molecule has 0 fully saturated rings. The van der Waals surface area contributed by atoms with Crippen molar-refractivity contribution in [3.05, 3.63) is 82.6 Å². The summed E-state index contributed by atoms with van der Waals surface area (Å²) in [6.45, 7) is 0.670. The van der Waals surface area contributed by atoms with Crippen LogP contribution in [0.5, 0.6) is 0 Å². The van der Waals surface area contributed by atoms with Crippen molar-refractivity contribution < 1.29 is 9.53 Å². The number of nitrogens with one attached hydrogen (secondary N) is 1. The smallest absolute Gasteiger partial charge is 0.407 e. The first kappa shape index (κ1) is 19.8. The number of benzene rings is 2. The van der Waals surface area contributed by atoms with Gasteiger partial charge in [-0.3, -0.25) is 0 Å². The van der Waals surface area contributed by atoms with E-state index in [1.54, 1.807) is 6.07 Å². The molecule has 1 aliphatic carbocycles. The molecule has 1 aliphatic rings. The number of nitrogens with zero attached hydrogens (tertiary/aromatic N) is 1. The molecule has 1 amide bonds. The number of pyridine rings is 1. The Hall–Kier alpha value is -3.49. The standard InChI is InChI=1S/C24H20ClN3O2/c25-23-13-22(26)16(14-28-23)7-5-6-12-27-24(29)30-15-21-19-10-3-1-8-17(19)18-9-2-4-11-20(18)21/h1-4,8-11,13-14,21H,6,12,15H2,(H2,26,28)(H,27,29). The number of carbonyl (C=O) groups excluding carboxylic acids is 1. The zero-order chi connectivity index (χ0) is 20.9. The fourth-order valence-electron chi connectivity index (χ4n) is 3.58. The number of hydrogen-bond acceptors (Lipinski definition) is 4. The van der Waals surface area contributed by atoms with Gasteiger partial charge in [-0.2, -0.15) is 0 Å². The van der Waals surface area contributed by atoms with Crippen LogP contribution in [0.3, 0.4) is 0 Å². The minimum atomic E-state index is -0.452. The fraction of sp³-hybridized carbons (Fsp3) is 0.167. The predicted molar refractivity (Wildman–Crippen MR) is 118 cm³/mol. The molecule has 0 spiro atoms. The molecule has 0 bridgehead atoms. The summed E-state index contributed by atoms with van der Waals surface area (Å²) in [7, 11) is 0. The van der Waals surface area contributed by atoms with Crippen LogP contribution in [0.25, 0.3) is 11.1 Å². The van der Waals surface area contributed by atoms with E-state index in [0.717, 1.165) is 0 Å². The zero-order valence-corrected chi connectivity index (χ0v) is 16.9. The van der Waals surface area contributed by atoms with Gasteiger partial charge in [0.05, 0.1) is 11.3 Å². The Morgan fingerprint density at radius 3 is 2.47 bits per heavy atom. The molecule has 0 unspecified atom stereocenters. The van der Waals surface area contributed by atoms with Gasteiger partial charge in [-0.05, 0) is 28.3 Å². The second-order valence-corrected chi connectivity index (χ2v) is 7.29. The maximum atomic E-state index is 12.1. The molecule has 150 valence electrons. The van der Waals surface area contributed by atoms with Crippen molar-refractivity contribution in [1.29, 1.82) is 0 Å². The predicted octanol–water partition coefficient (Wildman–Crippen LogP) is 4.60. The van der Waals surface area contributed by atoms with Crippen LogP contribution in [0.2, 0.25) is 5.15 Å². The van der Waals surface area contributed by atoms with Gasteiger partial charge in [0.15, 0.2) is 0 Å². The molecule has 5 nitrogen and oxygen atoms in total. The van der Waals surface area contributed by atoms with Crippen LogP contribution in [0.15, 0.2) is 60.8 Å². The Bertz CT molecular complexity index is 1100. The summed E-state index contributed by atoms with van der Waals surface area (Å²) in [4.78, 5) is 16.1. The number of fused-ring (bicyclic) bond motifs is 3. The summed E-state index contributed by atoms with van der Waals surface area (Å²) in [6.07, 6.45) is 1.54. The van der Waals surface area contributed by atoms with E-state index in [1.807, 2.05) is 24.3 Å². The van der Waals surface area contributed by atoms with E-state index in [2.05, 4.69) is 46.4 Å². The Morgan fingerprint density at radius 1 is 1.13 bits per heavy atom. The summed E-state index contributed by atoms with van der Waals surface area (Å²) in [6, 6.07) is 18.0. The average Bonchev–Trinajstić information content (AvgIpc) is 3.07. The number of anilines is 1. The van der Waals surface area contributed by atoms with E-state index in [0.29, 0.717) is 36.0 Å². The van der Waals surface area contributed by atoms with Gasteiger partial charge in [0.2, 0.25) is 0 Å². The van der Waals surface area contributed by atoms with Gasteiger partial charge in [0.1, 0.15) is 11.8 Å². The van der Waals surface area contributed by atoms with Crippen molar-refractivity contribution in [1.82, 2.24) is 10.3 Å². The lowest BCUT2D eigenvalue weighted by Gasteiger charge is -2.14. The molecular weight excluding hydrogens is 398 g/mol. The fourth-order valence-corrected chi connectivity index (χ4v) is 3.75. The molecule has 0 saturated heterocycles. The number of aromatic nitrogens is 1. The van der Waals surface area contributed by atoms with Crippen molar-refractivity contribution in [3.63, 3.8) is 0 Å². The molecule has 0 saturated carbocycles. The molecule has 4 rings (SSSR count). The lowest BCUT2D eigenvalue weighted by molar-refractivity contribution is 0.143. The molecular formula is C24H20ClN3O2. The monoisotopic (exact) mass is 417 g/mol. The van der Waals surface area contributed by atoms with Gasteiger partial charge in [-0.15, -0.1) is 0 Å². The molecule has 3 aromatic rings. The largest absolute Gasteiger partial charge is 0.449 e. The Balaban J connectivity index is 1.29. The third-order valence-electron chi connectivity index (χ3n) is 4.99. The molecule has 1 aromatic heterocycles. The van der Waals surface area contributed by atoms with Crippen LogP contribution in [-0.4, -0.2) is 24.2 Å². The van der Waals surface area contributed by atoms with Gasteiger partial charge >= 0.3 is 6.09 Å². The number of carbonyl (C=O) groups is 1. The van der Waals surface area contributed by atoms with Crippen LogP contribution in [-0.2, 0) is 4.74 Å². The highest BCUT2D eigenvalue weighted by Gasteiger charge is 2.28. The summed E-state index contributed by atoms with van der Waals surface area (Å²) < 4.78 is 5.49. The van der Waals surface area contributed by atoms with Crippen LogP contribution >= 0.6 is 11.6 Å². The van der Waals surface area contributed by atoms with E-state index in [4.69, 9.17) is 22.1 Å². The number of hydrogen-bond donors (Lipinski definition) is 2. The summed E-state index contributed by atoms with van der Waals surface area (Å²) in [5.74, 6) is 5.93. The first-order chi connectivity index (χ1) is 14.6. The highest BCUT2D eigenvalue weighted by atomic mass is 35.5. The number of rotatable bonds is 4. The Kier molecular flexibility index (Phi) is 5.87. The second kappa shape index (κ2) is 8.89. The summed E-state index contributed by atoms with van der Waals surface area (Å²) in [5.41, 5.74) is 11.7. The van der Waals surface area contributed by atoms with Crippen molar-refractivity contribution in [2.45, 2.75) is 12.3 Å². The van der Waals surface area contributed by atoms with Crippen molar-refractivity contribution in [2.75, 3.05) is 18.9 Å². The molecule has 3 N–H and O–H groups in total. The normalized spacial score (nSPS) is 11.8. The SMILES string of the molecule is Nc1cc(Cl)ncc1C#CCCNC(=O)OCC1c2ccccc2-c2ccccc21. The highest BCUT2D eigenvalue weighted by Crippen LogP contribution is 2.44. The number of nitrogen functional groups attached to an aromatic ring is 1. The van der Waals surface area contributed by atoms with Gasteiger partial charge < -0.3 is 15.8 Å². The van der Waals surface area contributed by atoms with Crippen molar-refractivity contribution in [3.8, 4) is 23.0 Å². The molecule has 0 radical (unpaired) electrons. The number of alkyl carbamates (subject to hydrolysis) is 1. The second-order valence-electron chi connectivity index (χ2n) is 6.90. The molecule has 0 atom stereocenters. The minimum Gasteiger partial charge on any atom is -0.449 e. The number of nitrogens with two attached hydrogens (primary N) is 1. The number of halogens is 1. The molecule has 6 heteroatoms. The number of amides is 1. The Labute approximate surface area is 180 Å². The maximum absolute atomic E-state index is 12.1. The van der Waals surface area contributed by atoms with Crippen LogP contribution < -0.4 is 11.1 Å². The van der Waals surface area contributed by atoms with E-state index in [1.165, 1.54) is 28.5 Å². The lowest BCUT2D eigenvalue weighted by atomic mass is 9.98. The molecule has 2 aromatic carbocycles. The van der Waals surface area contributed by atoms with Gasteiger partial charge in [0, 0.05) is 25.1 Å². The van der Waals surface area contributed by atoms with Crippen LogP contribution in [0.4, 0.5) is 10.5 Å². The highest BCUT2D eigenvalue weighted by molar-refractivity contribution is 6.29. The van der Waals surface area contributed by atoms with Crippen LogP contribution in [0, 0.1) is 11.8 Å². The maximum Gasteiger partial charge on any atom is 0.407 e. The van der Waals surface area contributed by atoms with Crippen molar-refractivity contribution >= 4 is 23.4 Å². The van der Waals surface area contributed by atoms with E-state index < -0.39 is 6.09 Å². The first-order valence-corrected chi connectivity index (χ1v) is 10.00. The Morgan fingerprint density at radius 2 is 1.80 bits per heavy atom. The van der Waals surface area contributed by atoms with E-state index in [9.17, 15) is 4.79 Å². The van der Waals surface area contributed by atoms with Gasteiger partial charge in [-0.25, -0.2) is 9.78 Å². The molecule has 30 heavy (non-hydrogen) atoms. The third kappa shape index (κ3) is 4.24. The van der Waals surface area contributed by atoms with E-state index in [-0.39, 0.29) is 5.92 Å². The van der Waals surface area contributed by atoms with Gasteiger partial charge in [0.25, 0.3) is 0 Å². The minimum absolute atomic E-state index is 0.0447. The van der Waals surface area contributed by atoms with Crippen LogP contribution in [0.1, 0.15) is 29.0 Å². The summed E-state index contributed by atoms with van der Waals surface area (Å²) in [5, 5.41) is 3.06. The molecule has 1 heterocycles. The average molecular weight is 418 g/mol. The lowest BCUT2D eigenvalue weighted by Crippen LogP contribution is -2.26. The molecule has 0 aliphatic heterocycles. The third-order valence-corrected chi connectivity index (χ3v) is 5.20. The number of ether oxygens (including phenoxy) is 1. The zero-order valence-electron chi connectivity index (χ0n) is 16.2. The topological polar surface area (TPSA) is 77.2 Å².